The van der Waals surface area contributed by atoms with Gasteiger partial charge in [-0.25, -0.2) is 9.97 Å². The van der Waals surface area contributed by atoms with E-state index >= 15 is 0 Å². The van der Waals surface area contributed by atoms with Gasteiger partial charge in [0.15, 0.2) is 5.65 Å². The molecule has 0 fully saturated rings. The van der Waals surface area contributed by atoms with Crippen molar-refractivity contribution in [2.45, 2.75) is 13.5 Å². The monoisotopic (exact) mass is 402 g/mol. The maximum atomic E-state index is 11.0. The smallest absolute Gasteiger partial charge is 0.178 e. The van der Waals surface area contributed by atoms with Gasteiger partial charge in [-0.05, 0) is 41.8 Å². The van der Waals surface area contributed by atoms with Crippen LogP contribution in [0.4, 0.5) is 0 Å². The van der Waals surface area contributed by atoms with Crippen LogP contribution >= 0.6 is 11.6 Å². The highest BCUT2D eigenvalue weighted by Crippen LogP contribution is 2.23. The number of carboxylic acid groups (broad SMARTS) is 1. The summed E-state index contributed by atoms with van der Waals surface area (Å²) in [4.78, 5) is 19.4. The molecule has 4 rings (SSSR count). The Labute approximate surface area is 172 Å². The molecule has 6 heteroatoms. The largest absolute Gasteiger partial charge is 0.543 e. The first-order chi connectivity index (χ1) is 14.0. The van der Waals surface area contributed by atoms with Gasteiger partial charge in [-0.2, -0.15) is 0 Å². The number of hydrogen-bond donors (Lipinski definition) is 0. The van der Waals surface area contributed by atoms with Crippen LogP contribution in [0, 0.1) is 6.92 Å². The summed E-state index contributed by atoms with van der Waals surface area (Å²) < 4.78 is 1.96. The molecule has 2 aromatic heterocycles. The normalized spacial score (nSPS) is 11.4. The SMILES string of the molecule is Cc1nc2nc(C(=O)[O-])ccc2n1Cc1ccc(/C=C/c2ccccc2)cc1Cl. The molecule has 144 valence electrons. The van der Waals surface area contributed by atoms with E-state index in [1.807, 2.05) is 72.2 Å². The van der Waals surface area contributed by atoms with Crippen LogP contribution in [0.2, 0.25) is 5.02 Å². The lowest BCUT2D eigenvalue weighted by Gasteiger charge is -2.10. The van der Waals surface area contributed by atoms with E-state index in [-0.39, 0.29) is 5.69 Å². The van der Waals surface area contributed by atoms with Gasteiger partial charge in [0.05, 0.1) is 23.7 Å². The molecule has 0 amide bonds. The fourth-order valence-corrected chi connectivity index (χ4v) is 3.41. The first-order valence-electron chi connectivity index (χ1n) is 9.08. The van der Waals surface area contributed by atoms with E-state index in [4.69, 9.17) is 11.6 Å². The molecular formula is C23H17ClN3O2-. The average molecular weight is 403 g/mol. The zero-order valence-electron chi connectivity index (χ0n) is 15.7. The number of carboxylic acids is 1. The summed E-state index contributed by atoms with van der Waals surface area (Å²) in [7, 11) is 0. The molecule has 4 aromatic rings. The van der Waals surface area contributed by atoms with Crippen LogP contribution in [0.15, 0.2) is 60.7 Å². The lowest BCUT2D eigenvalue weighted by atomic mass is 10.1. The van der Waals surface area contributed by atoms with E-state index in [1.165, 1.54) is 6.07 Å². The van der Waals surface area contributed by atoms with Crippen LogP contribution < -0.4 is 5.11 Å². The molecule has 5 nitrogen and oxygen atoms in total. The number of rotatable bonds is 5. The number of aromatic nitrogens is 3. The molecule has 0 spiro atoms. The van der Waals surface area contributed by atoms with Crippen molar-refractivity contribution < 1.29 is 9.90 Å². The Bertz CT molecular complexity index is 1230. The number of pyridine rings is 1. The van der Waals surface area contributed by atoms with Crippen molar-refractivity contribution in [3.8, 4) is 0 Å². The third-order valence-electron chi connectivity index (χ3n) is 4.69. The van der Waals surface area contributed by atoms with Crippen LogP contribution in [0.5, 0.6) is 0 Å². The van der Waals surface area contributed by atoms with Gasteiger partial charge in [-0.3, -0.25) is 0 Å². The summed E-state index contributed by atoms with van der Waals surface area (Å²) in [6.07, 6.45) is 4.06. The van der Waals surface area contributed by atoms with Gasteiger partial charge in [0.1, 0.15) is 5.82 Å². The summed E-state index contributed by atoms with van der Waals surface area (Å²) in [6, 6.07) is 19.1. The van der Waals surface area contributed by atoms with Crippen LogP contribution in [-0.4, -0.2) is 20.5 Å². The molecule has 0 N–H and O–H groups in total. The minimum atomic E-state index is -1.32. The number of carbonyl (C=O) groups is 1. The molecule has 0 saturated carbocycles. The minimum absolute atomic E-state index is 0.130. The van der Waals surface area contributed by atoms with Gasteiger partial charge in [0, 0.05) is 5.02 Å². The number of halogens is 1. The summed E-state index contributed by atoms with van der Waals surface area (Å²) >= 11 is 6.53. The first kappa shape index (κ1) is 18.9. The van der Waals surface area contributed by atoms with Crippen molar-refractivity contribution >= 4 is 40.9 Å². The van der Waals surface area contributed by atoms with Crippen molar-refractivity contribution in [2.75, 3.05) is 0 Å². The van der Waals surface area contributed by atoms with Crippen molar-refractivity contribution in [2.24, 2.45) is 0 Å². The molecule has 0 aliphatic rings. The number of benzene rings is 2. The lowest BCUT2D eigenvalue weighted by Crippen LogP contribution is -2.23. The summed E-state index contributed by atoms with van der Waals surface area (Å²) in [5, 5.41) is 11.7. The van der Waals surface area contributed by atoms with E-state index in [0.29, 0.717) is 17.2 Å². The Morgan fingerprint density at radius 1 is 1.03 bits per heavy atom. The molecule has 0 saturated heterocycles. The van der Waals surface area contributed by atoms with Gasteiger partial charge in [-0.1, -0.05) is 66.2 Å². The summed E-state index contributed by atoms with van der Waals surface area (Å²) in [5.41, 5.74) is 4.07. The molecule has 29 heavy (non-hydrogen) atoms. The van der Waals surface area contributed by atoms with Crippen molar-refractivity contribution in [3.63, 3.8) is 0 Å². The fourth-order valence-electron chi connectivity index (χ4n) is 3.16. The molecule has 2 aromatic carbocycles. The number of nitrogens with zero attached hydrogens (tertiary/aromatic N) is 3. The second-order valence-corrected chi connectivity index (χ2v) is 7.07. The highest BCUT2D eigenvalue weighted by atomic mass is 35.5. The van der Waals surface area contributed by atoms with Crippen molar-refractivity contribution in [1.29, 1.82) is 0 Å². The standard InChI is InChI=1S/C23H18ClN3O2/c1-15-25-22-21(12-11-20(26-22)23(28)29)27(15)14-18-10-9-17(13-19(18)24)8-7-16-5-3-2-4-6-16/h2-13H,14H2,1H3,(H,28,29)/p-1/b8-7+. The van der Waals surface area contributed by atoms with Crippen molar-refractivity contribution in [3.05, 3.63) is 93.9 Å². The number of imidazole rings is 1. The van der Waals surface area contributed by atoms with E-state index in [2.05, 4.69) is 9.97 Å². The Morgan fingerprint density at radius 2 is 1.79 bits per heavy atom. The summed E-state index contributed by atoms with van der Waals surface area (Å²) in [6.45, 7) is 2.36. The van der Waals surface area contributed by atoms with Crippen LogP contribution in [0.1, 0.15) is 33.0 Å². The Kier molecular flexibility index (Phi) is 5.14. The second kappa shape index (κ2) is 7.89. The van der Waals surface area contributed by atoms with E-state index < -0.39 is 5.97 Å². The van der Waals surface area contributed by atoms with Crippen molar-refractivity contribution in [1.82, 2.24) is 14.5 Å². The highest BCUT2D eigenvalue weighted by molar-refractivity contribution is 6.31. The zero-order valence-corrected chi connectivity index (χ0v) is 16.4. The third-order valence-corrected chi connectivity index (χ3v) is 5.04. The van der Waals surface area contributed by atoms with Gasteiger partial charge in [0.2, 0.25) is 0 Å². The van der Waals surface area contributed by atoms with E-state index in [9.17, 15) is 9.90 Å². The maximum absolute atomic E-state index is 11.0. The molecule has 0 radical (unpaired) electrons. The van der Waals surface area contributed by atoms with Crippen LogP contribution in [-0.2, 0) is 6.54 Å². The first-order valence-corrected chi connectivity index (χ1v) is 9.46. The van der Waals surface area contributed by atoms with Gasteiger partial charge >= 0.3 is 0 Å². The van der Waals surface area contributed by atoms with Crippen LogP contribution in [0.25, 0.3) is 23.3 Å². The van der Waals surface area contributed by atoms with E-state index in [0.717, 1.165) is 28.0 Å². The molecular weight excluding hydrogens is 386 g/mol. The Morgan fingerprint density at radius 3 is 2.52 bits per heavy atom. The maximum Gasteiger partial charge on any atom is 0.178 e. The zero-order chi connectivity index (χ0) is 20.4. The Balaban J connectivity index is 1.61. The molecule has 0 bridgehead atoms. The van der Waals surface area contributed by atoms with Gasteiger partial charge in [-0.15, -0.1) is 0 Å². The highest BCUT2D eigenvalue weighted by Gasteiger charge is 2.12. The topological polar surface area (TPSA) is 70.8 Å². The number of hydrogen-bond acceptors (Lipinski definition) is 4. The quantitative estimate of drug-likeness (QED) is 0.473. The number of carbonyl (C=O) groups excluding carboxylic acids is 1. The molecule has 2 heterocycles. The second-order valence-electron chi connectivity index (χ2n) is 6.67. The van der Waals surface area contributed by atoms with E-state index in [1.54, 1.807) is 6.07 Å². The molecule has 0 aliphatic carbocycles. The predicted octanol–water partition coefficient (Wildman–Crippen LogP) is 3.98. The van der Waals surface area contributed by atoms with Gasteiger partial charge < -0.3 is 14.5 Å². The van der Waals surface area contributed by atoms with Crippen LogP contribution in [0.3, 0.4) is 0 Å². The molecule has 0 unspecified atom stereocenters. The third kappa shape index (κ3) is 4.05. The fraction of sp³-hybridized carbons (Fsp3) is 0.0870. The number of aryl methyl sites for hydroxylation is 1. The number of fused-ring (bicyclic) bond motifs is 1. The molecule has 0 aliphatic heterocycles. The lowest BCUT2D eigenvalue weighted by molar-refractivity contribution is -0.255. The minimum Gasteiger partial charge on any atom is -0.543 e. The molecule has 0 atom stereocenters. The number of aromatic carboxylic acids is 1. The average Bonchev–Trinajstić information content (AvgIpc) is 3.03. The Hall–Kier alpha value is -3.44. The summed E-state index contributed by atoms with van der Waals surface area (Å²) in [5.74, 6) is -0.589. The van der Waals surface area contributed by atoms with Gasteiger partial charge in [0.25, 0.3) is 0 Å². The predicted molar refractivity (Wildman–Crippen MR) is 113 cm³/mol.